The summed E-state index contributed by atoms with van der Waals surface area (Å²) >= 11 is 3.14. The van der Waals surface area contributed by atoms with Crippen molar-refractivity contribution in [3.8, 4) is 0 Å². The monoisotopic (exact) mass is 343 g/mol. The van der Waals surface area contributed by atoms with E-state index in [9.17, 15) is 9.18 Å². The Morgan fingerprint density at radius 1 is 1.40 bits per heavy atom. The lowest BCUT2D eigenvalue weighted by Gasteiger charge is -2.31. The van der Waals surface area contributed by atoms with Crippen molar-refractivity contribution in [1.82, 2.24) is 4.90 Å². The third kappa shape index (κ3) is 2.97. The van der Waals surface area contributed by atoms with Crippen LogP contribution in [0.15, 0.2) is 22.7 Å². The van der Waals surface area contributed by atoms with Gasteiger partial charge in [0, 0.05) is 7.05 Å². The summed E-state index contributed by atoms with van der Waals surface area (Å²) in [6.45, 7) is 5.49. The predicted molar refractivity (Wildman–Crippen MR) is 79.0 cm³/mol. The fourth-order valence-corrected chi connectivity index (χ4v) is 2.47. The van der Waals surface area contributed by atoms with Crippen LogP contribution < -0.4 is 0 Å². The van der Waals surface area contributed by atoms with Crippen molar-refractivity contribution in [3.05, 3.63) is 34.1 Å². The maximum atomic E-state index is 13.7. The average molecular weight is 344 g/mol. The zero-order chi connectivity index (χ0) is 15.1. The van der Waals surface area contributed by atoms with Crippen LogP contribution in [0.25, 0.3) is 0 Å². The molecule has 20 heavy (non-hydrogen) atoms. The first-order valence-electron chi connectivity index (χ1n) is 6.58. The molecule has 1 aromatic carbocycles. The van der Waals surface area contributed by atoms with Crippen LogP contribution in [0.3, 0.4) is 0 Å². The van der Waals surface area contributed by atoms with Crippen LogP contribution in [0.4, 0.5) is 9.18 Å². The van der Waals surface area contributed by atoms with E-state index in [1.54, 1.807) is 18.0 Å². The van der Waals surface area contributed by atoms with E-state index in [1.165, 1.54) is 6.07 Å². The lowest BCUT2D eigenvalue weighted by Crippen LogP contribution is -2.40. The number of nitrogens with zero attached hydrogens (tertiary/aromatic N) is 1. The minimum absolute atomic E-state index is 0.314. The minimum Gasteiger partial charge on any atom is -0.444 e. The summed E-state index contributed by atoms with van der Waals surface area (Å²) in [6.07, 6.45) is 1.27. The Bertz CT molecular complexity index is 535. The minimum atomic E-state index is -0.535. The van der Waals surface area contributed by atoms with Gasteiger partial charge in [0.2, 0.25) is 0 Å². The molecule has 110 valence electrons. The fourth-order valence-electron chi connectivity index (χ4n) is 2.23. The molecule has 0 N–H and O–H groups in total. The molecule has 5 heteroatoms. The van der Waals surface area contributed by atoms with Gasteiger partial charge in [0.05, 0.1) is 10.0 Å². The maximum Gasteiger partial charge on any atom is 0.410 e. The third-order valence-electron chi connectivity index (χ3n) is 3.49. The molecule has 0 saturated heterocycles. The van der Waals surface area contributed by atoms with E-state index >= 15 is 0 Å². The third-order valence-corrected chi connectivity index (χ3v) is 4.13. The summed E-state index contributed by atoms with van der Waals surface area (Å²) in [5.74, 6) is -0.314. The molecule has 0 aromatic heterocycles. The Morgan fingerprint density at radius 2 is 2.00 bits per heavy atom. The van der Waals surface area contributed by atoms with Gasteiger partial charge in [-0.05, 0) is 67.2 Å². The van der Waals surface area contributed by atoms with E-state index in [2.05, 4.69) is 15.9 Å². The van der Waals surface area contributed by atoms with Gasteiger partial charge in [0.1, 0.15) is 11.4 Å². The van der Waals surface area contributed by atoms with E-state index in [1.807, 2.05) is 26.8 Å². The standard InChI is InChI=1S/C15H19BrFNO2/c1-14(2,3)20-13(19)18(4)15(7-8-15)10-5-6-11(16)12(17)9-10/h5-6,9H,7-8H2,1-4H3. The summed E-state index contributed by atoms with van der Waals surface area (Å²) in [4.78, 5) is 13.8. The Hall–Kier alpha value is -1.10. The molecule has 1 amide bonds. The van der Waals surface area contributed by atoms with Gasteiger partial charge in [-0.2, -0.15) is 0 Å². The molecule has 1 saturated carbocycles. The number of halogens is 2. The number of amides is 1. The van der Waals surface area contributed by atoms with Crippen molar-refractivity contribution < 1.29 is 13.9 Å². The highest BCUT2D eigenvalue weighted by Crippen LogP contribution is 2.51. The van der Waals surface area contributed by atoms with Gasteiger partial charge >= 0.3 is 6.09 Å². The first kappa shape index (κ1) is 15.3. The first-order valence-corrected chi connectivity index (χ1v) is 7.37. The van der Waals surface area contributed by atoms with Crippen molar-refractivity contribution in [3.63, 3.8) is 0 Å². The van der Waals surface area contributed by atoms with E-state index in [4.69, 9.17) is 4.74 Å². The highest BCUT2D eigenvalue weighted by atomic mass is 79.9. The topological polar surface area (TPSA) is 29.5 Å². The smallest absolute Gasteiger partial charge is 0.410 e. The first-order chi connectivity index (χ1) is 9.16. The SMILES string of the molecule is CN(C(=O)OC(C)(C)C)C1(c2ccc(Br)c(F)c2)CC1. The molecule has 1 aliphatic carbocycles. The molecular weight excluding hydrogens is 325 g/mol. The zero-order valence-corrected chi connectivity index (χ0v) is 13.8. The van der Waals surface area contributed by atoms with Crippen LogP contribution in [-0.2, 0) is 10.3 Å². The Balaban J connectivity index is 2.22. The number of rotatable bonds is 2. The molecule has 0 spiro atoms. The predicted octanol–water partition coefficient (Wildman–Crippen LogP) is 4.44. The number of hydrogen-bond acceptors (Lipinski definition) is 2. The second-order valence-electron chi connectivity index (χ2n) is 6.20. The summed E-state index contributed by atoms with van der Waals surface area (Å²) in [6, 6.07) is 5.01. The fraction of sp³-hybridized carbons (Fsp3) is 0.533. The second kappa shape index (κ2) is 5.02. The van der Waals surface area contributed by atoms with Crippen LogP contribution in [-0.4, -0.2) is 23.6 Å². The normalized spacial score (nSPS) is 16.7. The van der Waals surface area contributed by atoms with E-state index in [0.717, 1.165) is 18.4 Å². The van der Waals surface area contributed by atoms with Crippen molar-refractivity contribution in [1.29, 1.82) is 0 Å². The van der Waals surface area contributed by atoms with Crippen molar-refractivity contribution in [2.45, 2.75) is 44.8 Å². The lowest BCUT2D eigenvalue weighted by atomic mass is 10.0. The number of hydrogen-bond donors (Lipinski definition) is 0. The highest BCUT2D eigenvalue weighted by molar-refractivity contribution is 9.10. The van der Waals surface area contributed by atoms with Crippen molar-refractivity contribution >= 4 is 22.0 Å². The summed E-state index contributed by atoms with van der Waals surface area (Å²) in [7, 11) is 1.71. The molecule has 0 unspecified atom stereocenters. The number of benzene rings is 1. The Kier molecular flexibility index (Phi) is 3.84. The molecule has 0 bridgehead atoms. The van der Waals surface area contributed by atoms with Crippen LogP contribution in [0, 0.1) is 5.82 Å². The molecule has 0 radical (unpaired) electrons. The van der Waals surface area contributed by atoms with Gasteiger partial charge in [-0.15, -0.1) is 0 Å². The van der Waals surface area contributed by atoms with Crippen molar-refractivity contribution in [2.75, 3.05) is 7.05 Å². The molecular formula is C15H19BrFNO2. The molecule has 1 fully saturated rings. The molecule has 2 rings (SSSR count). The van der Waals surface area contributed by atoms with Gasteiger partial charge < -0.3 is 9.64 Å². The van der Waals surface area contributed by atoms with Gasteiger partial charge in [-0.3, -0.25) is 0 Å². The summed E-state index contributed by atoms with van der Waals surface area (Å²) in [5, 5.41) is 0. The zero-order valence-electron chi connectivity index (χ0n) is 12.2. The van der Waals surface area contributed by atoms with E-state index < -0.39 is 11.1 Å². The molecule has 1 aliphatic rings. The number of ether oxygens (including phenoxy) is 1. The highest BCUT2D eigenvalue weighted by Gasteiger charge is 2.51. The van der Waals surface area contributed by atoms with Crippen LogP contribution in [0.2, 0.25) is 0 Å². The van der Waals surface area contributed by atoms with E-state index in [-0.39, 0.29) is 11.9 Å². The number of carbonyl (C=O) groups is 1. The van der Waals surface area contributed by atoms with E-state index in [0.29, 0.717) is 4.47 Å². The van der Waals surface area contributed by atoms with Crippen LogP contribution >= 0.6 is 15.9 Å². The summed E-state index contributed by atoms with van der Waals surface area (Å²) < 4.78 is 19.5. The maximum absolute atomic E-state index is 13.7. The van der Waals surface area contributed by atoms with Gasteiger partial charge in [0.25, 0.3) is 0 Å². The molecule has 1 aromatic rings. The van der Waals surface area contributed by atoms with Gasteiger partial charge in [-0.25, -0.2) is 9.18 Å². The van der Waals surface area contributed by atoms with Gasteiger partial charge in [-0.1, -0.05) is 6.07 Å². The summed E-state index contributed by atoms with van der Waals surface area (Å²) in [5.41, 5.74) is -0.150. The van der Waals surface area contributed by atoms with Crippen molar-refractivity contribution in [2.24, 2.45) is 0 Å². The Labute approximate surface area is 127 Å². The van der Waals surface area contributed by atoms with Crippen LogP contribution in [0.5, 0.6) is 0 Å². The largest absolute Gasteiger partial charge is 0.444 e. The Morgan fingerprint density at radius 3 is 2.45 bits per heavy atom. The lowest BCUT2D eigenvalue weighted by molar-refractivity contribution is 0.0189. The molecule has 3 nitrogen and oxygen atoms in total. The number of carbonyl (C=O) groups excluding carboxylic acids is 1. The average Bonchev–Trinajstić information content (AvgIpc) is 3.11. The molecule has 0 aliphatic heterocycles. The molecule has 0 heterocycles. The van der Waals surface area contributed by atoms with Crippen LogP contribution in [0.1, 0.15) is 39.2 Å². The second-order valence-corrected chi connectivity index (χ2v) is 7.05. The van der Waals surface area contributed by atoms with Gasteiger partial charge in [0.15, 0.2) is 0 Å². The quantitative estimate of drug-likeness (QED) is 0.794. The molecule has 0 atom stereocenters.